The molecule has 0 amide bonds. The van der Waals surface area contributed by atoms with E-state index in [9.17, 15) is 5.11 Å². The summed E-state index contributed by atoms with van der Waals surface area (Å²) < 4.78 is 5.17. The van der Waals surface area contributed by atoms with Crippen molar-refractivity contribution in [2.45, 2.75) is 19.8 Å². The third-order valence-electron chi connectivity index (χ3n) is 3.75. The van der Waals surface area contributed by atoms with Crippen molar-refractivity contribution in [2.24, 2.45) is 0 Å². The van der Waals surface area contributed by atoms with E-state index < -0.39 is 0 Å². The smallest absolute Gasteiger partial charge is 0.161 e. The van der Waals surface area contributed by atoms with E-state index in [1.165, 1.54) is 7.11 Å². The van der Waals surface area contributed by atoms with Crippen molar-refractivity contribution in [3.05, 3.63) is 52.4 Å². The summed E-state index contributed by atoms with van der Waals surface area (Å²) in [5, 5.41) is 11.7. The Morgan fingerprint density at radius 3 is 2.77 bits per heavy atom. The Kier molecular flexibility index (Phi) is 3.67. The monoisotopic (exact) mass is 294 g/mol. The number of methoxy groups -OCH3 is 1. The van der Waals surface area contributed by atoms with Crippen LogP contribution in [0.1, 0.15) is 29.9 Å². The van der Waals surface area contributed by atoms with Crippen molar-refractivity contribution in [1.82, 2.24) is 9.97 Å². The van der Waals surface area contributed by atoms with Crippen LogP contribution in [-0.2, 0) is 0 Å². The fourth-order valence-corrected chi connectivity index (χ4v) is 2.64. The molecular formula is C18H18N2O2. The molecule has 0 unspecified atom stereocenters. The van der Waals surface area contributed by atoms with Gasteiger partial charge >= 0.3 is 0 Å². The molecule has 0 atom stereocenters. The molecule has 1 aromatic heterocycles. The highest BCUT2D eigenvalue weighted by Crippen LogP contribution is 2.30. The zero-order valence-corrected chi connectivity index (χ0v) is 12.8. The van der Waals surface area contributed by atoms with Crippen LogP contribution in [0, 0.1) is 6.92 Å². The van der Waals surface area contributed by atoms with Crippen LogP contribution >= 0.6 is 0 Å². The van der Waals surface area contributed by atoms with E-state index in [4.69, 9.17) is 4.74 Å². The lowest BCUT2D eigenvalue weighted by atomic mass is 10.00. The summed E-state index contributed by atoms with van der Waals surface area (Å²) in [6.45, 7) is 6.07. The molecule has 0 bridgehead atoms. The maximum atomic E-state index is 9.73. The Bertz CT molecular complexity index is 869. The number of nitrogens with zero attached hydrogens (tertiary/aromatic N) is 2. The molecule has 0 saturated heterocycles. The van der Waals surface area contributed by atoms with Gasteiger partial charge in [-0.2, -0.15) is 0 Å². The van der Waals surface area contributed by atoms with Gasteiger partial charge in [-0.25, -0.2) is 9.97 Å². The third kappa shape index (κ3) is 2.48. The molecule has 0 fully saturated rings. The number of phenolic OH excluding ortho intramolecular Hbond substituents is 1. The molecule has 1 N–H and O–H groups in total. The van der Waals surface area contributed by atoms with Crippen molar-refractivity contribution in [3.8, 4) is 11.5 Å². The predicted molar refractivity (Wildman–Crippen MR) is 87.0 cm³/mol. The number of hydrogen-bond donors (Lipinski definition) is 1. The third-order valence-corrected chi connectivity index (χ3v) is 3.75. The summed E-state index contributed by atoms with van der Waals surface area (Å²) in [7, 11) is 1.53. The zero-order chi connectivity index (χ0) is 15.7. The summed E-state index contributed by atoms with van der Waals surface area (Å²) in [6, 6.07) is 5.19. The van der Waals surface area contributed by atoms with Gasteiger partial charge in [0.05, 0.1) is 18.2 Å². The minimum atomic E-state index is 0.111. The average Bonchev–Trinajstić information content (AvgIpc) is 2.53. The van der Waals surface area contributed by atoms with E-state index in [1.54, 1.807) is 12.1 Å². The standard InChI is InChI=1S/C18H18N2O2/c1-11(13-8-9-16(21)17(10-13)22-3)18-14-6-4-5-7-15(14)19-12(2)20-18/h6-10,21H,1,4-5H2,2-3H3. The lowest BCUT2D eigenvalue weighted by Gasteiger charge is -2.12. The Morgan fingerprint density at radius 1 is 1.23 bits per heavy atom. The maximum Gasteiger partial charge on any atom is 0.161 e. The summed E-state index contributed by atoms with van der Waals surface area (Å²) in [5.41, 5.74) is 2.51. The molecule has 4 heteroatoms. The number of aromatic hydroxyl groups is 1. The first kappa shape index (κ1) is 14.3. The number of aryl methyl sites for hydroxylation is 1. The highest BCUT2D eigenvalue weighted by Gasteiger charge is 2.12. The molecule has 1 heterocycles. The summed E-state index contributed by atoms with van der Waals surface area (Å²) in [6.07, 6.45) is 6.28. The normalized spacial score (nSPS) is 12.8. The number of phenols is 1. The number of benzene rings is 1. The van der Waals surface area contributed by atoms with Gasteiger partial charge in [0.25, 0.3) is 0 Å². The van der Waals surface area contributed by atoms with Crippen molar-refractivity contribution >= 4 is 17.7 Å². The number of ether oxygens (including phenoxy) is 1. The van der Waals surface area contributed by atoms with E-state index >= 15 is 0 Å². The minimum absolute atomic E-state index is 0.111. The van der Waals surface area contributed by atoms with Gasteiger partial charge in [-0.3, -0.25) is 0 Å². The summed E-state index contributed by atoms with van der Waals surface area (Å²) in [4.78, 5) is 9.07. The molecule has 0 radical (unpaired) electrons. The van der Waals surface area contributed by atoms with Crippen molar-refractivity contribution < 1.29 is 9.84 Å². The molecule has 1 aliphatic rings. The molecule has 22 heavy (non-hydrogen) atoms. The lowest BCUT2D eigenvalue weighted by molar-refractivity contribution is 0.373. The lowest BCUT2D eigenvalue weighted by Crippen LogP contribution is -2.35. The first-order valence-electron chi connectivity index (χ1n) is 7.22. The van der Waals surface area contributed by atoms with E-state index in [1.807, 2.05) is 13.0 Å². The molecule has 1 aromatic carbocycles. The second-order valence-electron chi connectivity index (χ2n) is 5.27. The van der Waals surface area contributed by atoms with Crippen LogP contribution < -0.4 is 15.3 Å². The van der Waals surface area contributed by atoms with E-state index in [0.29, 0.717) is 5.75 Å². The van der Waals surface area contributed by atoms with Gasteiger partial charge < -0.3 is 9.84 Å². The van der Waals surface area contributed by atoms with Crippen molar-refractivity contribution in [1.29, 1.82) is 0 Å². The molecule has 0 aliphatic heterocycles. The second-order valence-corrected chi connectivity index (χ2v) is 5.27. The second kappa shape index (κ2) is 5.64. The molecule has 0 spiro atoms. The van der Waals surface area contributed by atoms with E-state index in [0.717, 1.165) is 46.1 Å². The van der Waals surface area contributed by atoms with Crippen LogP contribution in [0.15, 0.2) is 24.8 Å². The number of aromatic nitrogens is 2. The SMILES string of the molecule is C=C(c1ccc(O)c(OC)c1)c1nc(C)nc2c1=CCCC=2. The number of rotatable bonds is 3. The number of hydrogen-bond acceptors (Lipinski definition) is 4. The Labute approximate surface area is 129 Å². The Morgan fingerprint density at radius 2 is 2.00 bits per heavy atom. The van der Waals surface area contributed by atoms with Crippen LogP contribution in [0.2, 0.25) is 0 Å². The van der Waals surface area contributed by atoms with Crippen LogP contribution in [0.25, 0.3) is 17.7 Å². The van der Waals surface area contributed by atoms with Gasteiger partial charge in [0.15, 0.2) is 11.5 Å². The van der Waals surface area contributed by atoms with Gasteiger partial charge in [-0.15, -0.1) is 0 Å². The first-order chi connectivity index (χ1) is 10.6. The van der Waals surface area contributed by atoms with Gasteiger partial charge in [0.2, 0.25) is 0 Å². The fourth-order valence-electron chi connectivity index (χ4n) is 2.64. The van der Waals surface area contributed by atoms with Gasteiger partial charge in [0, 0.05) is 10.8 Å². The molecule has 4 nitrogen and oxygen atoms in total. The quantitative estimate of drug-likeness (QED) is 0.939. The topological polar surface area (TPSA) is 55.2 Å². The van der Waals surface area contributed by atoms with Gasteiger partial charge in [-0.05, 0) is 37.5 Å². The average molecular weight is 294 g/mol. The fraction of sp³-hybridized carbons (Fsp3) is 0.222. The van der Waals surface area contributed by atoms with Crippen molar-refractivity contribution in [2.75, 3.05) is 7.11 Å². The molecule has 3 rings (SSSR count). The molecule has 1 aliphatic carbocycles. The van der Waals surface area contributed by atoms with Crippen LogP contribution in [-0.4, -0.2) is 22.2 Å². The summed E-state index contributed by atoms with van der Waals surface area (Å²) in [5.74, 6) is 1.26. The van der Waals surface area contributed by atoms with Gasteiger partial charge in [-0.1, -0.05) is 24.8 Å². The molecule has 2 aromatic rings. The number of fused-ring (bicyclic) bond motifs is 1. The largest absolute Gasteiger partial charge is 0.504 e. The zero-order valence-electron chi connectivity index (χ0n) is 12.8. The highest BCUT2D eigenvalue weighted by atomic mass is 16.5. The molecule has 0 saturated carbocycles. The maximum absolute atomic E-state index is 9.73. The van der Waals surface area contributed by atoms with Crippen LogP contribution in [0.3, 0.4) is 0 Å². The minimum Gasteiger partial charge on any atom is -0.504 e. The van der Waals surface area contributed by atoms with Gasteiger partial charge in [0.1, 0.15) is 5.82 Å². The van der Waals surface area contributed by atoms with E-state index in [-0.39, 0.29) is 5.75 Å². The Balaban J connectivity index is 2.17. The summed E-state index contributed by atoms with van der Waals surface area (Å²) >= 11 is 0. The Hall–Kier alpha value is -2.62. The highest BCUT2D eigenvalue weighted by molar-refractivity contribution is 5.78. The first-order valence-corrected chi connectivity index (χ1v) is 7.22. The van der Waals surface area contributed by atoms with Crippen LogP contribution in [0.4, 0.5) is 0 Å². The van der Waals surface area contributed by atoms with Crippen LogP contribution in [0.5, 0.6) is 11.5 Å². The molecule has 112 valence electrons. The molecular weight excluding hydrogens is 276 g/mol. The van der Waals surface area contributed by atoms with Crippen molar-refractivity contribution in [3.63, 3.8) is 0 Å². The van der Waals surface area contributed by atoms with E-state index in [2.05, 4.69) is 28.7 Å². The predicted octanol–water partition coefficient (Wildman–Crippen LogP) is 1.92.